The summed E-state index contributed by atoms with van der Waals surface area (Å²) in [5.41, 5.74) is 6.43. The molecular weight excluding hydrogens is 581 g/mol. The number of anilines is 2. The molecule has 1 saturated heterocycles. The van der Waals surface area contributed by atoms with E-state index in [4.69, 9.17) is 35.9 Å². The van der Waals surface area contributed by atoms with Gasteiger partial charge in [-0.15, -0.1) is 11.6 Å². The van der Waals surface area contributed by atoms with Gasteiger partial charge in [0.25, 0.3) is 0 Å². The van der Waals surface area contributed by atoms with Crippen molar-refractivity contribution in [3.63, 3.8) is 0 Å². The van der Waals surface area contributed by atoms with Gasteiger partial charge in [-0.1, -0.05) is 18.2 Å². The zero-order chi connectivity index (χ0) is 29.9. The van der Waals surface area contributed by atoms with Crippen LogP contribution in [0.1, 0.15) is 27.0 Å². The van der Waals surface area contributed by atoms with Crippen molar-refractivity contribution in [2.45, 2.75) is 56.2 Å². The van der Waals surface area contributed by atoms with Crippen LogP contribution in [-0.4, -0.2) is 85.2 Å². The Kier molecular flexibility index (Phi) is 9.39. The number of hydrogen-bond acceptors (Lipinski definition) is 13. The third-order valence-electron chi connectivity index (χ3n) is 6.16. The number of nitrogen functional groups attached to an aromatic ring is 1. The van der Waals surface area contributed by atoms with Crippen molar-refractivity contribution >= 4 is 48.2 Å². The van der Waals surface area contributed by atoms with Crippen molar-refractivity contribution in [3.05, 3.63) is 36.7 Å². The molecule has 0 saturated carbocycles. The zero-order valence-corrected chi connectivity index (χ0v) is 24.5. The minimum absolute atomic E-state index is 0.0543. The molecule has 2 aromatic heterocycles. The second-order valence-electron chi connectivity index (χ2n) is 9.60. The maximum atomic E-state index is 13.8. The van der Waals surface area contributed by atoms with E-state index in [1.807, 2.05) is 0 Å². The van der Waals surface area contributed by atoms with Crippen molar-refractivity contribution < 1.29 is 38.1 Å². The van der Waals surface area contributed by atoms with Crippen LogP contribution in [0.5, 0.6) is 5.75 Å². The number of fused-ring (bicyclic) bond motifs is 1. The summed E-state index contributed by atoms with van der Waals surface area (Å²) in [6.07, 6.45) is -2.98. The van der Waals surface area contributed by atoms with Gasteiger partial charge in [0.2, 0.25) is 5.95 Å². The summed E-state index contributed by atoms with van der Waals surface area (Å²) < 4.78 is 37.8. The molecule has 0 bridgehead atoms. The molecule has 0 spiro atoms. The molecule has 1 unspecified atom stereocenters. The van der Waals surface area contributed by atoms with Gasteiger partial charge in [0.05, 0.1) is 25.6 Å². The number of esters is 1. The van der Waals surface area contributed by atoms with E-state index in [0.29, 0.717) is 11.3 Å². The highest BCUT2D eigenvalue weighted by Crippen LogP contribution is 2.48. The molecule has 17 heteroatoms. The molecule has 224 valence electrons. The molecule has 1 aromatic carbocycles. The van der Waals surface area contributed by atoms with Gasteiger partial charge in [0, 0.05) is 7.05 Å². The average Bonchev–Trinajstić information content (AvgIpc) is 3.45. The summed E-state index contributed by atoms with van der Waals surface area (Å²) in [5.74, 6) is -0.180. The Labute approximate surface area is 240 Å². The molecule has 4 rings (SSSR count). The second kappa shape index (κ2) is 12.4. The fourth-order valence-corrected chi connectivity index (χ4v) is 5.99. The number of aliphatic hydroxyl groups excluding tert-OH is 2. The molecule has 0 aliphatic carbocycles. The number of para-hydroxylation sites is 1. The number of hydrogen-bond donors (Lipinski definition) is 5. The number of aliphatic hydroxyl groups is 2. The number of carbonyl (C=O) groups excluding carboxylic acids is 1. The molecule has 0 amide bonds. The zero-order valence-electron chi connectivity index (χ0n) is 22.8. The number of nitrogens with two attached hydrogens (primary N) is 1. The fourth-order valence-electron chi connectivity index (χ4n) is 4.19. The minimum Gasteiger partial charge on any atom is -0.462 e. The molecule has 41 heavy (non-hydrogen) atoms. The molecule has 6 atom stereocenters. The summed E-state index contributed by atoms with van der Waals surface area (Å²) in [6.45, 7) is 3.57. The average molecular weight is 614 g/mol. The number of alkyl halides is 1. The highest BCUT2D eigenvalue weighted by molar-refractivity contribution is 7.52. The predicted octanol–water partition coefficient (Wildman–Crippen LogP) is 1.81. The third kappa shape index (κ3) is 6.56. The van der Waals surface area contributed by atoms with E-state index < -0.39 is 62.4 Å². The van der Waals surface area contributed by atoms with Gasteiger partial charge in [0.1, 0.15) is 28.9 Å². The lowest BCUT2D eigenvalue weighted by Gasteiger charge is -2.28. The minimum atomic E-state index is -4.27. The molecular formula is C24H33ClN7O8P. The Balaban J connectivity index is 1.59. The van der Waals surface area contributed by atoms with Crippen LogP contribution >= 0.6 is 19.3 Å². The highest BCUT2D eigenvalue weighted by atomic mass is 35.5. The van der Waals surface area contributed by atoms with Crippen molar-refractivity contribution in [2.75, 3.05) is 31.3 Å². The van der Waals surface area contributed by atoms with Gasteiger partial charge in [-0.25, -0.2) is 9.55 Å². The normalized spacial score (nSPS) is 24.7. The first-order valence-corrected chi connectivity index (χ1v) is 14.6. The molecule has 1 aliphatic heterocycles. The standard InChI is InChI=1S/C24H33ClN7O8P/c1-13(2)38-21(35)14(3)31-41(36,40-15-8-6-5-7-9-15)37-10-16-18(34)24(25,11-33)22(39-16)32-12-28-17-19(27-4)29-23(26)30-20(17)32/h5-9,12-14,16,18,22,33-34H,10-11H2,1-4H3,(H,31,36)(H3,26,27,29,30)/t14?,16-,18-,22-,24-,41+/m1/s1. The van der Waals surface area contributed by atoms with Gasteiger partial charge >= 0.3 is 13.7 Å². The van der Waals surface area contributed by atoms with E-state index in [2.05, 4.69) is 25.4 Å². The van der Waals surface area contributed by atoms with E-state index in [9.17, 15) is 19.6 Å². The predicted molar refractivity (Wildman–Crippen MR) is 149 cm³/mol. The number of aromatic nitrogens is 4. The van der Waals surface area contributed by atoms with Crippen molar-refractivity contribution in [1.82, 2.24) is 24.6 Å². The smallest absolute Gasteiger partial charge is 0.459 e. The Morgan fingerprint density at radius 2 is 2.00 bits per heavy atom. The maximum Gasteiger partial charge on any atom is 0.459 e. The number of nitrogens with zero attached hydrogens (tertiary/aromatic N) is 4. The molecule has 15 nitrogen and oxygen atoms in total. The van der Waals surface area contributed by atoms with Crippen molar-refractivity contribution in [1.29, 1.82) is 0 Å². The number of carbonyl (C=O) groups is 1. The van der Waals surface area contributed by atoms with E-state index in [-0.39, 0.29) is 17.3 Å². The summed E-state index contributed by atoms with van der Waals surface area (Å²) >= 11 is 6.73. The van der Waals surface area contributed by atoms with Crippen LogP contribution in [0.3, 0.4) is 0 Å². The van der Waals surface area contributed by atoms with Crippen LogP contribution in [0.4, 0.5) is 11.8 Å². The van der Waals surface area contributed by atoms with Crippen LogP contribution < -0.4 is 20.7 Å². The molecule has 1 fully saturated rings. The lowest BCUT2D eigenvalue weighted by molar-refractivity contribution is -0.149. The first kappa shape index (κ1) is 30.9. The number of ether oxygens (including phenoxy) is 2. The largest absolute Gasteiger partial charge is 0.462 e. The van der Waals surface area contributed by atoms with Crippen LogP contribution in [0.25, 0.3) is 11.2 Å². The first-order valence-electron chi connectivity index (χ1n) is 12.7. The summed E-state index contributed by atoms with van der Waals surface area (Å²) in [6, 6.07) is 7.10. The van der Waals surface area contributed by atoms with E-state index in [1.54, 1.807) is 51.2 Å². The number of rotatable bonds is 12. The van der Waals surface area contributed by atoms with Gasteiger partial charge in [0.15, 0.2) is 23.2 Å². The summed E-state index contributed by atoms with van der Waals surface area (Å²) in [7, 11) is -2.64. The van der Waals surface area contributed by atoms with Gasteiger partial charge < -0.3 is 35.3 Å². The van der Waals surface area contributed by atoms with Crippen LogP contribution in [0.2, 0.25) is 0 Å². The lowest BCUT2D eigenvalue weighted by atomic mass is 9.99. The Morgan fingerprint density at radius 1 is 1.29 bits per heavy atom. The fraction of sp³-hybridized carbons (Fsp3) is 0.500. The van der Waals surface area contributed by atoms with E-state index in [1.165, 1.54) is 17.8 Å². The Morgan fingerprint density at radius 3 is 2.63 bits per heavy atom. The van der Waals surface area contributed by atoms with Gasteiger partial charge in [-0.05, 0) is 32.9 Å². The first-order chi connectivity index (χ1) is 19.4. The van der Waals surface area contributed by atoms with Crippen molar-refractivity contribution in [2.24, 2.45) is 0 Å². The number of nitrogens with one attached hydrogen (secondary N) is 2. The summed E-state index contributed by atoms with van der Waals surface area (Å²) in [5, 5.41) is 26.8. The molecule has 3 heterocycles. The highest BCUT2D eigenvalue weighted by Gasteiger charge is 2.57. The van der Waals surface area contributed by atoms with Gasteiger partial charge in [-0.2, -0.15) is 15.1 Å². The Bertz CT molecular complexity index is 1410. The summed E-state index contributed by atoms with van der Waals surface area (Å²) in [4.78, 5) is 23.2. The van der Waals surface area contributed by atoms with Crippen molar-refractivity contribution in [3.8, 4) is 5.75 Å². The number of imidazole rings is 1. The molecule has 3 aromatic rings. The number of benzene rings is 1. The molecule has 1 aliphatic rings. The number of halogens is 1. The van der Waals surface area contributed by atoms with E-state index in [0.717, 1.165) is 0 Å². The maximum absolute atomic E-state index is 13.8. The monoisotopic (exact) mass is 613 g/mol. The molecule has 6 N–H and O–H groups in total. The van der Waals surface area contributed by atoms with Gasteiger partial charge in [-0.3, -0.25) is 13.9 Å². The van der Waals surface area contributed by atoms with Crippen LogP contribution in [-0.2, 0) is 23.4 Å². The van der Waals surface area contributed by atoms with Crippen LogP contribution in [0, 0.1) is 0 Å². The SMILES string of the molecule is CNc1nc(N)nc2c1ncn2[C@@H]1O[C@H](CO[P@@](=O)(NC(C)C(=O)OC(C)C)Oc2ccccc2)[C@@H](O)[C@]1(Cl)CO. The van der Waals surface area contributed by atoms with Crippen LogP contribution in [0.15, 0.2) is 36.7 Å². The lowest BCUT2D eigenvalue weighted by Crippen LogP contribution is -2.45. The quantitative estimate of drug-likeness (QED) is 0.112. The van der Waals surface area contributed by atoms with E-state index >= 15 is 0 Å². The topological polar surface area (TPSA) is 205 Å². The third-order valence-corrected chi connectivity index (χ3v) is 8.34. The Hall–Kier alpha value is -3.04. The second-order valence-corrected chi connectivity index (χ2v) is 12.0. The molecule has 0 radical (unpaired) electrons.